The summed E-state index contributed by atoms with van der Waals surface area (Å²) in [6.07, 6.45) is 1.07. The van der Waals surface area contributed by atoms with Crippen LogP contribution in [0.2, 0.25) is 0 Å². The average molecular weight is 199 g/mol. The molecular weight excluding hydrogens is 178 g/mol. The van der Waals surface area contributed by atoms with Gasteiger partial charge in [-0.2, -0.15) is 0 Å². The first-order valence-electron chi connectivity index (χ1n) is 5.44. The molecule has 82 valence electrons. The molecule has 1 saturated heterocycles. The summed E-state index contributed by atoms with van der Waals surface area (Å²) in [6.45, 7) is 7.39. The zero-order chi connectivity index (χ0) is 10.6. The van der Waals surface area contributed by atoms with E-state index in [9.17, 15) is 4.79 Å². The fourth-order valence-corrected chi connectivity index (χ4v) is 1.86. The average Bonchev–Trinajstić information content (AvgIpc) is 2.67. The van der Waals surface area contributed by atoms with E-state index in [1.165, 1.54) is 0 Å². The molecule has 0 aliphatic carbocycles. The molecule has 1 atom stereocenters. The molecule has 14 heavy (non-hydrogen) atoms. The predicted octanol–water partition coefficient (Wildman–Crippen LogP) is 0.742. The van der Waals surface area contributed by atoms with Gasteiger partial charge in [-0.05, 0) is 27.3 Å². The van der Waals surface area contributed by atoms with Gasteiger partial charge in [0.25, 0.3) is 0 Å². The smallest absolute Gasteiger partial charge is 0.320 e. The van der Waals surface area contributed by atoms with Gasteiger partial charge in [-0.1, -0.05) is 0 Å². The minimum Gasteiger partial charge on any atom is -0.325 e. The van der Waals surface area contributed by atoms with Crippen molar-refractivity contribution in [3.05, 3.63) is 0 Å². The van der Waals surface area contributed by atoms with Crippen LogP contribution in [0.4, 0.5) is 4.79 Å². The van der Waals surface area contributed by atoms with Crippen LogP contribution in [0.3, 0.4) is 0 Å². The van der Waals surface area contributed by atoms with Crippen LogP contribution in [-0.4, -0.2) is 55.1 Å². The summed E-state index contributed by atoms with van der Waals surface area (Å²) < 4.78 is 0. The molecule has 1 aliphatic heterocycles. The van der Waals surface area contributed by atoms with E-state index < -0.39 is 0 Å². The number of hydrogen-bond donors (Lipinski definition) is 1. The van der Waals surface area contributed by atoms with Gasteiger partial charge in [-0.3, -0.25) is 0 Å². The van der Waals surface area contributed by atoms with E-state index in [1.807, 2.05) is 30.7 Å². The summed E-state index contributed by atoms with van der Waals surface area (Å²) >= 11 is 0. The van der Waals surface area contributed by atoms with E-state index in [4.69, 9.17) is 0 Å². The van der Waals surface area contributed by atoms with Crippen LogP contribution >= 0.6 is 0 Å². The van der Waals surface area contributed by atoms with Crippen molar-refractivity contribution in [3.8, 4) is 0 Å². The standard InChI is InChI=1S/C10H21N3O/c1-4-12(5-2)10(14)13-7-6-9(8-13)11-3/h9,11H,4-8H2,1-3H3. The third-order valence-corrected chi connectivity index (χ3v) is 2.90. The first-order chi connectivity index (χ1) is 6.72. The Morgan fingerprint density at radius 2 is 2.14 bits per heavy atom. The summed E-state index contributed by atoms with van der Waals surface area (Å²) in [6, 6.07) is 0.669. The number of carbonyl (C=O) groups excluding carboxylic acids is 1. The molecule has 1 N–H and O–H groups in total. The Balaban J connectivity index is 2.45. The monoisotopic (exact) mass is 199 g/mol. The zero-order valence-corrected chi connectivity index (χ0v) is 9.42. The Bertz CT molecular complexity index is 192. The van der Waals surface area contributed by atoms with Gasteiger partial charge < -0.3 is 15.1 Å². The molecule has 0 aromatic rings. The second-order valence-corrected chi connectivity index (χ2v) is 3.68. The van der Waals surface area contributed by atoms with E-state index in [0.717, 1.165) is 32.6 Å². The summed E-state index contributed by atoms with van der Waals surface area (Å²) in [4.78, 5) is 15.7. The van der Waals surface area contributed by atoms with Gasteiger partial charge in [0, 0.05) is 32.2 Å². The van der Waals surface area contributed by atoms with Crippen LogP contribution in [-0.2, 0) is 0 Å². The lowest BCUT2D eigenvalue weighted by Crippen LogP contribution is -2.43. The second kappa shape index (κ2) is 5.20. The van der Waals surface area contributed by atoms with Gasteiger partial charge >= 0.3 is 6.03 Å². The Morgan fingerprint density at radius 1 is 1.50 bits per heavy atom. The highest BCUT2D eigenvalue weighted by atomic mass is 16.2. The summed E-state index contributed by atoms with van der Waals surface area (Å²) in [5.74, 6) is 0. The molecule has 4 heteroatoms. The lowest BCUT2D eigenvalue weighted by molar-refractivity contribution is 0.166. The molecular formula is C10H21N3O. The summed E-state index contributed by atoms with van der Waals surface area (Å²) in [7, 11) is 1.95. The zero-order valence-electron chi connectivity index (χ0n) is 9.42. The molecule has 0 bridgehead atoms. The minimum absolute atomic E-state index is 0.188. The third kappa shape index (κ3) is 2.38. The topological polar surface area (TPSA) is 35.6 Å². The van der Waals surface area contributed by atoms with E-state index in [-0.39, 0.29) is 6.03 Å². The molecule has 1 rings (SSSR count). The van der Waals surface area contributed by atoms with Crippen LogP contribution in [0.25, 0.3) is 0 Å². The Morgan fingerprint density at radius 3 is 2.57 bits per heavy atom. The highest BCUT2D eigenvalue weighted by Crippen LogP contribution is 2.11. The molecule has 0 saturated carbocycles. The molecule has 4 nitrogen and oxygen atoms in total. The fourth-order valence-electron chi connectivity index (χ4n) is 1.86. The number of amides is 2. The van der Waals surface area contributed by atoms with Crippen molar-refractivity contribution < 1.29 is 4.79 Å². The Kier molecular flexibility index (Phi) is 4.20. The van der Waals surface area contributed by atoms with Crippen LogP contribution in [0.5, 0.6) is 0 Å². The summed E-state index contributed by atoms with van der Waals surface area (Å²) in [5, 5.41) is 3.21. The maximum Gasteiger partial charge on any atom is 0.320 e. The predicted molar refractivity (Wildman–Crippen MR) is 57.4 cm³/mol. The van der Waals surface area contributed by atoms with Crippen molar-refractivity contribution in [2.75, 3.05) is 33.2 Å². The molecule has 1 unspecified atom stereocenters. The first kappa shape index (κ1) is 11.3. The van der Waals surface area contributed by atoms with E-state index in [0.29, 0.717) is 6.04 Å². The molecule has 1 fully saturated rings. The SMILES string of the molecule is CCN(CC)C(=O)N1CCC(NC)C1. The van der Waals surface area contributed by atoms with Gasteiger partial charge in [-0.25, -0.2) is 4.79 Å². The molecule has 0 aromatic heterocycles. The lowest BCUT2D eigenvalue weighted by Gasteiger charge is -2.25. The number of rotatable bonds is 3. The van der Waals surface area contributed by atoms with Gasteiger partial charge in [-0.15, -0.1) is 0 Å². The largest absolute Gasteiger partial charge is 0.325 e. The fraction of sp³-hybridized carbons (Fsp3) is 0.900. The number of likely N-dealkylation sites (N-methyl/N-ethyl adjacent to an activating group) is 1. The Labute approximate surface area is 86.2 Å². The number of carbonyl (C=O) groups is 1. The lowest BCUT2D eigenvalue weighted by atomic mass is 10.3. The first-order valence-corrected chi connectivity index (χ1v) is 5.44. The van der Waals surface area contributed by atoms with Crippen LogP contribution < -0.4 is 5.32 Å². The molecule has 0 aromatic carbocycles. The number of nitrogens with one attached hydrogen (secondary N) is 1. The molecule has 1 heterocycles. The van der Waals surface area contributed by atoms with Crippen molar-refractivity contribution in [3.63, 3.8) is 0 Å². The van der Waals surface area contributed by atoms with Crippen molar-refractivity contribution in [2.45, 2.75) is 26.3 Å². The van der Waals surface area contributed by atoms with Crippen LogP contribution in [0.15, 0.2) is 0 Å². The van der Waals surface area contributed by atoms with Gasteiger partial charge in [0.15, 0.2) is 0 Å². The third-order valence-electron chi connectivity index (χ3n) is 2.90. The number of hydrogen-bond acceptors (Lipinski definition) is 2. The van der Waals surface area contributed by atoms with E-state index in [1.54, 1.807) is 0 Å². The molecule has 0 radical (unpaired) electrons. The number of nitrogens with zero attached hydrogens (tertiary/aromatic N) is 2. The van der Waals surface area contributed by atoms with Crippen molar-refractivity contribution >= 4 is 6.03 Å². The van der Waals surface area contributed by atoms with Crippen molar-refractivity contribution in [1.82, 2.24) is 15.1 Å². The Hall–Kier alpha value is -0.770. The van der Waals surface area contributed by atoms with Crippen LogP contribution in [0, 0.1) is 0 Å². The second-order valence-electron chi connectivity index (χ2n) is 3.68. The van der Waals surface area contributed by atoms with E-state index in [2.05, 4.69) is 5.32 Å². The molecule has 1 aliphatic rings. The van der Waals surface area contributed by atoms with Gasteiger partial charge in [0.05, 0.1) is 0 Å². The van der Waals surface area contributed by atoms with Gasteiger partial charge in [0.1, 0.15) is 0 Å². The maximum atomic E-state index is 11.9. The minimum atomic E-state index is 0.188. The van der Waals surface area contributed by atoms with Crippen molar-refractivity contribution in [2.24, 2.45) is 0 Å². The molecule has 2 amide bonds. The summed E-state index contributed by atoms with van der Waals surface area (Å²) in [5.41, 5.74) is 0. The van der Waals surface area contributed by atoms with Crippen molar-refractivity contribution in [1.29, 1.82) is 0 Å². The van der Waals surface area contributed by atoms with Crippen LogP contribution in [0.1, 0.15) is 20.3 Å². The van der Waals surface area contributed by atoms with E-state index >= 15 is 0 Å². The highest BCUT2D eigenvalue weighted by molar-refractivity contribution is 5.74. The quantitative estimate of drug-likeness (QED) is 0.727. The highest BCUT2D eigenvalue weighted by Gasteiger charge is 2.27. The van der Waals surface area contributed by atoms with Gasteiger partial charge in [0.2, 0.25) is 0 Å². The number of likely N-dealkylation sites (tertiary alicyclic amines) is 1. The molecule has 0 spiro atoms. The normalized spacial score (nSPS) is 21.4. The number of urea groups is 1. The maximum absolute atomic E-state index is 11.9.